The minimum atomic E-state index is -1.08. The van der Waals surface area contributed by atoms with Gasteiger partial charge in [-0.1, -0.05) is 23.5 Å². The molecule has 0 bridgehead atoms. The summed E-state index contributed by atoms with van der Waals surface area (Å²) in [5.41, 5.74) is 1.07. The van der Waals surface area contributed by atoms with Gasteiger partial charge in [0.1, 0.15) is 0 Å². The molecule has 2 aromatic rings. The van der Waals surface area contributed by atoms with Gasteiger partial charge in [0, 0.05) is 7.05 Å². The Bertz CT molecular complexity index is 521. The van der Waals surface area contributed by atoms with Crippen molar-refractivity contribution < 1.29 is 19.8 Å². The first kappa shape index (κ1) is 14.9. The molecular weight excluding hydrogens is 268 g/mol. The van der Waals surface area contributed by atoms with Gasteiger partial charge in [0.05, 0.1) is 23.1 Å². The third-order valence-electron chi connectivity index (χ3n) is 2.06. The summed E-state index contributed by atoms with van der Waals surface area (Å²) >= 11 is 1.68. The highest BCUT2D eigenvalue weighted by molar-refractivity contribution is 7.22. The van der Waals surface area contributed by atoms with Crippen molar-refractivity contribution in [3.05, 3.63) is 24.3 Å². The van der Waals surface area contributed by atoms with Crippen LogP contribution in [0, 0.1) is 0 Å². The number of para-hydroxylation sites is 1. The van der Waals surface area contributed by atoms with Crippen molar-refractivity contribution in [3.8, 4) is 0 Å². The summed E-state index contributed by atoms with van der Waals surface area (Å²) in [4.78, 5) is 23.6. The summed E-state index contributed by atoms with van der Waals surface area (Å²) in [5, 5.41) is 19.8. The van der Waals surface area contributed by atoms with Crippen molar-refractivity contribution in [1.29, 1.82) is 0 Å². The predicted octanol–water partition coefficient (Wildman–Crippen LogP) is 2.27. The Kier molecular flexibility index (Phi) is 5.74. The third kappa shape index (κ3) is 5.35. The number of anilines is 1. The second-order valence-electron chi connectivity index (χ2n) is 3.52. The number of fused-ring (bicyclic) bond motifs is 1. The molecule has 0 aliphatic heterocycles. The molecule has 3 N–H and O–H groups in total. The van der Waals surface area contributed by atoms with Crippen LogP contribution < -0.4 is 5.32 Å². The average Bonchev–Trinajstić information content (AvgIpc) is 2.80. The summed E-state index contributed by atoms with van der Waals surface area (Å²) in [6, 6.07) is 8.13. The van der Waals surface area contributed by atoms with E-state index in [-0.39, 0.29) is 12.8 Å². The summed E-state index contributed by atoms with van der Waals surface area (Å²) < 4.78 is 1.23. The molecule has 1 aromatic carbocycles. The van der Waals surface area contributed by atoms with E-state index in [1.165, 1.54) is 4.70 Å². The number of carboxylic acid groups (broad SMARTS) is 2. The first-order valence-corrected chi connectivity index (χ1v) is 6.31. The van der Waals surface area contributed by atoms with Gasteiger partial charge < -0.3 is 15.5 Å². The molecule has 0 spiro atoms. The third-order valence-corrected chi connectivity index (χ3v) is 3.11. The van der Waals surface area contributed by atoms with Gasteiger partial charge in [-0.05, 0) is 12.1 Å². The molecule has 7 heteroatoms. The van der Waals surface area contributed by atoms with E-state index < -0.39 is 11.9 Å². The fraction of sp³-hybridized carbons (Fsp3) is 0.250. The smallest absolute Gasteiger partial charge is 0.303 e. The van der Waals surface area contributed by atoms with Crippen LogP contribution in [0.1, 0.15) is 12.8 Å². The predicted molar refractivity (Wildman–Crippen MR) is 73.7 cm³/mol. The van der Waals surface area contributed by atoms with Crippen LogP contribution in [0.5, 0.6) is 0 Å². The molecule has 2 rings (SSSR count). The molecular formula is C12H14N2O4S. The Morgan fingerprint density at radius 1 is 1.21 bits per heavy atom. The van der Waals surface area contributed by atoms with E-state index in [1.54, 1.807) is 11.3 Å². The number of nitrogens with zero attached hydrogens (tertiary/aromatic N) is 1. The molecule has 1 aromatic heterocycles. The fourth-order valence-electron chi connectivity index (χ4n) is 1.19. The number of rotatable bonds is 4. The highest BCUT2D eigenvalue weighted by Crippen LogP contribution is 2.24. The Balaban J connectivity index is 0.000000203. The second kappa shape index (κ2) is 7.32. The molecule has 0 fully saturated rings. The minimum absolute atomic E-state index is 0.296. The van der Waals surface area contributed by atoms with Gasteiger partial charge in [0.2, 0.25) is 0 Å². The van der Waals surface area contributed by atoms with E-state index in [4.69, 9.17) is 10.2 Å². The Hall–Kier alpha value is -2.15. The first-order chi connectivity index (χ1) is 9.02. The van der Waals surface area contributed by atoms with Gasteiger partial charge in [-0.25, -0.2) is 4.98 Å². The van der Waals surface area contributed by atoms with Crippen molar-refractivity contribution in [2.45, 2.75) is 12.8 Å². The van der Waals surface area contributed by atoms with E-state index in [2.05, 4.69) is 16.4 Å². The lowest BCUT2D eigenvalue weighted by atomic mass is 10.3. The number of aromatic nitrogens is 1. The number of carboxylic acids is 2. The lowest BCUT2D eigenvalue weighted by Crippen LogP contribution is -2.00. The van der Waals surface area contributed by atoms with E-state index in [0.29, 0.717) is 0 Å². The zero-order valence-electron chi connectivity index (χ0n) is 10.3. The van der Waals surface area contributed by atoms with Crippen LogP contribution in [0.25, 0.3) is 10.2 Å². The fourth-order valence-corrected chi connectivity index (χ4v) is 2.01. The largest absolute Gasteiger partial charge is 0.481 e. The maximum absolute atomic E-state index is 9.64. The summed E-state index contributed by atoms with van der Waals surface area (Å²) in [5.74, 6) is -2.15. The Morgan fingerprint density at radius 3 is 2.26 bits per heavy atom. The molecule has 0 saturated carbocycles. The molecule has 1 heterocycles. The summed E-state index contributed by atoms with van der Waals surface area (Å²) in [7, 11) is 1.89. The van der Waals surface area contributed by atoms with Gasteiger partial charge in [0.15, 0.2) is 5.13 Å². The van der Waals surface area contributed by atoms with Gasteiger partial charge in [0.25, 0.3) is 0 Å². The number of aliphatic carboxylic acids is 2. The van der Waals surface area contributed by atoms with Crippen LogP contribution in [0.4, 0.5) is 5.13 Å². The van der Waals surface area contributed by atoms with E-state index in [1.807, 2.05) is 25.2 Å². The standard InChI is InChI=1S/C8H8N2S.C4H6O4/c1-9-8-10-6-4-2-3-5-7(6)11-8;5-3(6)1-2-4(7)8/h2-5H,1H3,(H,9,10);1-2H2,(H,5,6)(H,7,8). The highest BCUT2D eigenvalue weighted by Gasteiger charge is 2.00. The quantitative estimate of drug-likeness (QED) is 0.795. The molecule has 19 heavy (non-hydrogen) atoms. The number of carbonyl (C=O) groups is 2. The van der Waals surface area contributed by atoms with Crippen LogP contribution in [0.15, 0.2) is 24.3 Å². The topological polar surface area (TPSA) is 99.5 Å². The number of hydrogen-bond donors (Lipinski definition) is 3. The van der Waals surface area contributed by atoms with Crippen molar-refractivity contribution >= 4 is 38.6 Å². The number of thiazole rings is 1. The molecule has 6 nitrogen and oxygen atoms in total. The van der Waals surface area contributed by atoms with E-state index in [9.17, 15) is 9.59 Å². The second-order valence-corrected chi connectivity index (χ2v) is 4.55. The monoisotopic (exact) mass is 282 g/mol. The lowest BCUT2D eigenvalue weighted by molar-refractivity contribution is -0.143. The Labute approximate surface area is 113 Å². The lowest BCUT2D eigenvalue weighted by Gasteiger charge is -1.85. The molecule has 0 aliphatic carbocycles. The average molecular weight is 282 g/mol. The maximum Gasteiger partial charge on any atom is 0.303 e. The van der Waals surface area contributed by atoms with Crippen LogP contribution >= 0.6 is 11.3 Å². The van der Waals surface area contributed by atoms with Crippen LogP contribution in [-0.2, 0) is 9.59 Å². The van der Waals surface area contributed by atoms with Gasteiger partial charge >= 0.3 is 11.9 Å². The van der Waals surface area contributed by atoms with Crippen molar-refractivity contribution in [1.82, 2.24) is 4.98 Å². The summed E-state index contributed by atoms with van der Waals surface area (Å²) in [6.07, 6.45) is -0.593. The van der Waals surface area contributed by atoms with E-state index in [0.717, 1.165) is 10.6 Å². The first-order valence-electron chi connectivity index (χ1n) is 5.50. The van der Waals surface area contributed by atoms with Crippen molar-refractivity contribution in [3.63, 3.8) is 0 Å². The number of benzene rings is 1. The molecule has 0 saturated heterocycles. The van der Waals surface area contributed by atoms with Crippen molar-refractivity contribution in [2.24, 2.45) is 0 Å². The maximum atomic E-state index is 9.64. The SMILES string of the molecule is CNc1nc2ccccc2s1.O=C(O)CCC(=O)O. The van der Waals surface area contributed by atoms with Crippen LogP contribution in [-0.4, -0.2) is 34.2 Å². The van der Waals surface area contributed by atoms with Crippen LogP contribution in [0.2, 0.25) is 0 Å². The summed E-state index contributed by atoms with van der Waals surface area (Å²) in [6.45, 7) is 0. The Morgan fingerprint density at radius 2 is 1.79 bits per heavy atom. The zero-order chi connectivity index (χ0) is 14.3. The molecule has 0 amide bonds. The van der Waals surface area contributed by atoms with Gasteiger partial charge in [-0.2, -0.15) is 0 Å². The minimum Gasteiger partial charge on any atom is -0.481 e. The van der Waals surface area contributed by atoms with E-state index >= 15 is 0 Å². The molecule has 0 aliphatic rings. The number of nitrogens with one attached hydrogen (secondary N) is 1. The zero-order valence-corrected chi connectivity index (χ0v) is 11.1. The van der Waals surface area contributed by atoms with Crippen LogP contribution in [0.3, 0.4) is 0 Å². The molecule has 0 radical (unpaired) electrons. The molecule has 0 atom stereocenters. The van der Waals surface area contributed by atoms with Gasteiger partial charge in [-0.15, -0.1) is 0 Å². The van der Waals surface area contributed by atoms with Crippen molar-refractivity contribution in [2.75, 3.05) is 12.4 Å². The highest BCUT2D eigenvalue weighted by atomic mass is 32.1. The molecule has 0 unspecified atom stereocenters. The molecule has 102 valence electrons. The normalized spacial score (nSPS) is 9.53. The van der Waals surface area contributed by atoms with Gasteiger partial charge in [-0.3, -0.25) is 9.59 Å². The number of hydrogen-bond acceptors (Lipinski definition) is 5.